The van der Waals surface area contributed by atoms with Crippen LogP contribution in [0.4, 0.5) is 0 Å². The summed E-state index contributed by atoms with van der Waals surface area (Å²) >= 11 is 0. The number of rotatable bonds is 1. The van der Waals surface area contributed by atoms with Gasteiger partial charge in [-0.2, -0.15) is 0 Å². The van der Waals surface area contributed by atoms with Crippen molar-refractivity contribution in [2.24, 2.45) is 0 Å². The summed E-state index contributed by atoms with van der Waals surface area (Å²) in [5.41, 5.74) is 3.22. The van der Waals surface area contributed by atoms with Crippen molar-refractivity contribution in [3.8, 4) is 17.0 Å². The fraction of sp³-hybridized carbons (Fsp3) is 0. The van der Waals surface area contributed by atoms with Crippen LogP contribution in [0.1, 0.15) is 1.43 Å². The maximum absolute atomic E-state index is 9.99. The van der Waals surface area contributed by atoms with Crippen LogP contribution < -0.4 is 18.9 Å². The van der Waals surface area contributed by atoms with Crippen molar-refractivity contribution in [3.05, 3.63) is 66.9 Å². The Bertz CT molecular complexity index is 975. The molecule has 0 amide bonds. The minimum atomic E-state index is 0. The Hall–Kier alpha value is -2.34. The SMILES string of the molecule is Oc1ccccc1-c1ccc2ccc3cccnc3c2n1.[H-].[Li+]. The molecule has 0 fully saturated rings. The first-order chi connectivity index (χ1) is 10.3. The second kappa shape index (κ2) is 5.80. The molecule has 0 unspecified atom stereocenters. The first-order valence-electron chi connectivity index (χ1n) is 6.76. The fourth-order valence-electron chi connectivity index (χ4n) is 2.56. The van der Waals surface area contributed by atoms with Crippen molar-refractivity contribution < 1.29 is 25.4 Å². The van der Waals surface area contributed by atoms with E-state index in [1.54, 1.807) is 18.3 Å². The van der Waals surface area contributed by atoms with Crippen LogP contribution in [0.5, 0.6) is 5.75 Å². The Morgan fingerprint density at radius 2 is 1.50 bits per heavy atom. The van der Waals surface area contributed by atoms with Gasteiger partial charge in [-0.15, -0.1) is 0 Å². The molecular weight excluding hydrogens is 267 g/mol. The second-order valence-electron chi connectivity index (χ2n) is 4.93. The van der Waals surface area contributed by atoms with Gasteiger partial charge >= 0.3 is 18.9 Å². The number of pyridine rings is 2. The summed E-state index contributed by atoms with van der Waals surface area (Å²) in [5.74, 6) is 0.234. The average Bonchev–Trinajstić information content (AvgIpc) is 2.55. The molecule has 102 valence electrons. The second-order valence-corrected chi connectivity index (χ2v) is 4.93. The molecule has 22 heavy (non-hydrogen) atoms. The van der Waals surface area contributed by atoms with Crippen LogP contribution in [0.15, 0.2) is 66.9 Å². The standard InChI is InChI=1S/C18H12N2O.Li.H/c21-16-6-2-1-5-14(16)15-10-9-13-8-7-12-4-3-11-19-17(12)18(13)20-15;;/h1-11,21H;;/q;+1;-1. The number of benzene rings is 2. The quantitative estimate of drug-likeness (QED) is 0.422. The van der Waals surface area contributed by atoms with Gasteiger partial charge in [0, 0.05) is 22.5 Å². The number of hydrogen-bond acceptors (Lipinski definition) is 3. The summed E-state index contributed by atoms with van der Waals surface area (Å²) in [4.78, 5) is 9.15. The number of aromatic nitrogens is 2. The Labute approximate surface area is 141 Å². The van der Waals surface area contributed by atoms with Crippen molar-refractivity contribution in [2.45, 2.75) is 0 Å². The van der Waals surface area contributed by atoms with Crippen molar-refractivity contribution in [1.82, 2.24) is 9.97 Å². The maximum atomic E-state index is 9.99. The Kier molecular flexibility index (Phi) is 3.85. The van der Waals surface area contributed by atoms with E-state index in [0.29, 0.717) is 0 Å². The third-order valence-corrected chi connectivity index (χ3v) is 3.61. The van der Waals surface area contributed by atoms with Crippen LogP contribution in [0.25, 0.3) is 33.1 Å². The Balaban J connectivity index is 0.000000960. The van der Waals surface area contributed by atoms with E-state index in [1.165, 1.54) is 0 Å². The van der Waals surface area contributed by atoms with E-state index in [9.17, 15) is 5.11 Å². The predicted molar refractivity (Wildman–Crippen MR) is 85.3 cm³/mol. The first-order valence-corrected chi connectivity index (χ1v) is 6.76. The van der Waals surface area contributed by atoms with Gasteiger partial charge in [0.1, 0.15) is 5.75 Å². The van der Waals surface area contributed by atoms with Crippen LogP contribution in [-0.2, 0) is 0 Å². The van der Waals surface area contributed by atoms with E-state index < -0.39 is 0 Å². The number of fused-ring (bicyclic) bond motifs is 3. The van der Waals surface area contributed by atoms with E-state index >= 15 is 0 Å². The largest absolute Gasteiger partial charge is 1.00 e. The molecular formula is C18H13LiN2O. The molecule has 4 heteroatoms. The van der Waals surface area contributed by atoms with Crippen molar-refractivity contribution in [2.75, 3.05) is 0 Å². The van der Waals surface area contributed by atoms with E-state index in [0.717, 1.165) is 33.1 Å². The molecule has 0 radical (unpaired) electrons. The van der Waals surface area contributed by atoms with Gasteiger partial charge < -0.3 is 6.53 Å². The Morgan fingerprint density at radius 1 is 0.773 bits per heavy atom. The number of hydrogen-bond donors (Lipinski definition) is 1. The number of phenols is 1. The van der Waals surface area contributed by atoms with Gasteiger partial charge in [-0.3, -0.25) is 4.98 Å². The third kappa shape index (κ3) is 2.35. The summed E-state index contributed by atoms with van der Waals surface area (Å²) in [6.45, 7) is 0. The van der Waals surface area contributed by atoms with Crippen LogP contribution in [0, 0.1) is 0 Å². The number of para-hydroxylation sites is 1. The molecule has 0 spiro atoms. The van der Waals surface area contributed by atoms with Crippen LogP contribution >= 0.6 is 0 Å². The summed E-state index contributed by atoms with van der Waals surface area (Å²) in [7, 11) is 0. The predicted octanol–water partition coefficient (Wildman–Crippen LogP) is 1.27. The van der Waals surface area contributed by atoms with Gasteiger partial charge in [-0.05, 0) is 24.3 Å². The normalized spacial score (nSPS) is 10.5. The summed E-state index contributed by atoms with van der Waals surface area (Å²) in [6, 6.07) is 19.2. The summed E-state index contributed by atoms with van der Waals surface area (Å²) in [6.07, 6.45) is 1.77. The maximum Gasteiger partial charge on any atom is 1.00 e. The molecule has 4 rings (SSSR count). The van der Waals surface area contributed by atoms with E-state index in [1.807, 2.05) is 48.5 Å². The average molecular weight is 280 g/mol. The number of nitrogens with zero attached hydrogens (tertiary/aromatic N) is 2. The summed E-state index contributed by atoms with van der Waals surface area (Å²) in [5, 5.41) is 12.1. The van der Waals surface area contributed by atoms with Gasteiger partial charge in [0.05, 0.1) is 16.7 Å². The third-order valence-electron chi connectivity index (χ3n) is 3.61. The molecule has 0 aliphatic carbocycles. The molecule has 1 N–H and O–H groups in total. The number of aromatic hydroxyl groups is 1. The van der Waals surface area contributed by atoms with Gasteiger partial charge in [0.15, 0.2) is 0 Å². The zero-order chi connectivity index (χ0) is 14.2. The van der Waals surface area contributed by atoms with Crippen molar-refractivity contribution in [1.29, 1.82) is 0 Å². The zero-order valence-electron chi connectivity index (χ0n) is 13.2. The van der Waals surface area contributed by atoms with Crippen LogP contribution in [-0.4, -0.2) is 15.1 Å². The molecule has 0 saturated carbocycles. The van der Waals surface area contributed by atoms with E-state index in [-0.39, 0.29) is 26.0 Å². The van der Waals surface area contributed by atoms with Crippen LogP contribution in [0.3, 0.4) is 0 Å². The van der Waals surface area contributed by atoms with Gasteiger partial charge in [-0.25, -0.2) is 4.98 Å². The van der Waals surface area contributed by atoms with E-state index in [2.05, 4.69) is 4.98 Å². The van der Waals surface area contributed by atoms with Crippen molar-refractivity contribution in [3.63, 3.8) is 0 Å². The minimum Gasteiger partial charge on any atom is -1.00 e. The van der Waals surface area contributed by atoms with Crippen molar-refractivity contribution >= 4 is 21.8 Å². The van der Waals surface area contributed by atoms with Gasteiger partial charge in [-0.1, -0.05) is 36.4 Å². The molecule has 2 heterocycles. The molecule has 0 aliphatic heterocycles. The van der Waals surface area contributed by atoms with Gasteiger partial charge in [0.2, 0.25) is 0 Å². The molecule has 2 aromatic heterocycles. The van der Waals surface area contributed by atoms with Crippen LogP contribution in [0.2, 0.25) is 0 Å². The zero-order valence-corrected chi connectivity index (χ0v) is 12.2. The monoisotopic (exact) mass is 280 g/mol. The number of phenolic OH excluding ortho intramolecular Hbond substituents is 1. The smallest absolute Gasteiger partial charge is 1.00 e. The minimum absolute atomic E-state index is 0. The molecule has 4 aromatic rings. The van der Waals surface area contributed by atoms with Gasteiger partial charge in [0.25, 0.3) is 0 Å². The topological polar surface area (TPSA) is 46.0 Å². The summed E-state index contributed by atoms with van der Waals surface area (Å²) < 4.78 is 0. The molecule has 3 nitrogen and oxygen atoms in total. The Morgan fingerprint density at radius 3 is 2.32 bits per heavy atom. The molecule has 0 saturated heterocycles. The fourth-order valence-corrected chi connectivity index (χ4v) is 2.56. The molecule has 0 bridgehead atoms. The first kappa shape index (κ1) is 14.6. The van der Waals surface area contributed by atoms with E-state index in [4.69, 9.17) is 4.98 Å². The molecule has 0 atom stereocenters. The molecule has 0 aliphatic rings. The molecule has 2 aromatic carbocycles.